The van der Waals surface area contributed by atoms with E-state index in [9.17, 15) is 19.2 Å². The summed E-state index contributed by atoms with van der Waals surface area (Å²) < 4.78 is 5.49. The number of carbonyl (C=O) groups is 4. The number of hydrogen-bond acceptors (Lipinski definition) is 6. The zero-order valence-electron chi connectivity index (χ0n) is 22.0. The Morgan fingerprint density at radius 1 is 1.03 bits per heavy atom. The van der Waals surface area contributed by atoms with Crippen LogP contribution in [0.4, 0.5) is 0 Å². The number of Topliss-reactive ketones (excluding diaryl/α,β-unsaturated/α-hetero) is 1. The van der Waals surface area contributed by atoms with Crippen molar-refractivity contribution in [3.63, 3.8) is 0 Å². The lowest BCUT2D eigenvalue weighted by atomic mass is 9.97. The maximum atomic E-state index is 14.2. The molecule has 198 valence electrons. The first-order valence-electron chi connectivity index (χ1n) is 12.7. The van der Waals surface area contributed by atoms with Crippen molar-refractivity contribution in [1.82, 2.24) is 14.9 Å². The lowest BCUT2D eigenvalue weighted by molar-refractivity contribution is -0.167. The standard InChI is InChI=1S/C29H32N4O5/c1-19(2)26-29(37)33(25(18-31(26)20(3)34)23-13-9-6-10-14-23)32(21(4)35)24(17-22-11-7-5-8-12-22)27(36)28-30-15-16-38-28/h5-14,18-19,24,26H,15-17H2,1-4H3/t24-,26?/m0/s1. The molecule has 4 rings (SSSR count). The highest BCUT2D eigenvalue weighted by Crippen LogP contribution is 2.33. The first-order chi connectivity index (χ1) is 18.2. The van der Waals surface area contributed by atoms with Gasteiger partial charge in [0.25, 0.3) is 11.8 Å². The van der Waals surface area contributed by atoms with E-state index in [1.54, 1.807) is 30.5 Å². The number of ether oxygens (including phenoxy) is 1. The fourth-order valence-electron chi connectivity index (χ4n) is 4.80. The van der Waals surface area contributed by atoms with Crippen LogP contribution in [0.1, 0.15) is 38.8 Å². The topological polar surface area (TPSA) is 99.6 Å². The maximum Gasteiger partial charge on any atom is 0.269 e. The van der Waals surface area contributed by atoms with Gasteiger partial charge in [-0.05, 0) is 11.5 Å². The van der Waals surface area contributed by atoms with Crippen LogP contribution in [0.3, 0.4) is 0 Å². The fourth-order valence-corrected chi connectivity index (χ4v) is 4.80. The summed E-state index contributed by atoms with van der Waals surface area (Å²) in [5.41, 5.74) is 1.73. The fraction of sp³-hybridized carbons (Fsp3) is 0.345. The Balaban J connectivity index is 1.91. The molecule has 2 atom stereocenters. The lowest BCUT2D eigenvalue weighted by Gasteiger charge is -2.46. The number of rotatable bonds is 8. The molecule has 38 heavy (non-hydrogen) atoms. The smallest absolute Gasteiger partial charge is 0.269 e. The molecule has 9 heteroatoms. The molecule has 1 unspecified atom stereocenters. The molecule has 2 aromatic rings. The average Bonchev–Trinajstić information content (AvgIpc) is 3.44. The number of carbonyl (C=O) groups excluding carboxylic acids is 4. The predicted molar refractivity (Wildman–Crippen MR) is 142 cm³/mol. The monoisotopic (exact) mass is 516 g/mol. The molecule has 2 heterocycles. The summed E-state index contributed by atoms with van der Waals surface area (Å²) in [5.74, 6) is -2.10. The van der Waals surface area contributed by atoms with Crippen LogP contribution >= 0.6 is 0 Å². The first kappa shape index (κ1) is 26.8. The highest BCUT2D eigenvalue weighted by Gasteiger charge is 2.46. The molecule has 0 aromatic heterocycles. The summed E-state index contributed by atoms with van der Waals surface area (Å²) in [6.45, 7) is 7.02. The van der Waals surface area contributed by atoms with Crippen molar-refractivity contribution in [2.24, 2.45) is 10.9 Å². The molecule has 0 saturated carbocycles. The van der Waals surface area contributed by atoms with Crippen molar-refractivity contribution in [3.05, 3.63) is 78.0 Å². The van der Waals surface area contributed by atoms with Gasteiger partial charge in [0.05, 0.1) is 12.2 Å². The molecular formula is C29H32N4O5. The van der Waals surface area contributed by atoms with Crippen molar-refractivity contribution < 1.29 is 23.9 Å². The molecule has 0 aliphatic carbocycles. The van der Waals surface area contributed by atoms with E-state index in [4.69, 9.17) is 4.74 Å². The third-order valence-electron chi connectivity index (χ3n) is 6.52. The Labute approximate surface area is 222 Å². The number of benzene rings is 2. The van der Waals surface area contributed by atoms with Crippen LogP contribution in [0.5, 0.6) is 0 Å². The van der Waals surface area contributed by atoms with Crippen LogP contribution in [0.2, 0.25) is 0 Å². The Kier molecular flexibility index (Phi) is 8.05. The van der Waals surface area contributed by atoms with Crippen molar-refractivity contribution in [2.75, 3.05) is 13.2 Å². The number of nitrogens with zero attached hydrogens (tertiary/aromatic N) is 4. The second-order valence-electron chi connectivity index (χ2n) is 9.61. The van der Waals surface area contributed by atoms with E-state index in [-0.39, 0.29) is 30.8 Å². The SMILES string of the molecule is CC(=O)N1C=C(c2ccccc2)N(N(C(C)=O)[C@@H](Cc2ccccc2)C(=O)C2=NCCO2)C(=O)C1C(C)C. The Bertz CT molecular complexity index is 1270. The van der Waals surface area contributed by atoms with Crippen molar-refractivity contribution in [3.8, 4) is 0 Å². The Hall–Kier alpha value is -4.27. The number of amides is 3. The van der Waals surface area contributed by atoms with Gasteiger partial charge in [-0.3, -0.25) is 19.2 Å². The largest absolute Gasteiger partial charge is 0.473 e. The van der Waals surface area contributed by atoms with Gasteiger partial charge in [0.2, 0.25) is 17.6 Å². The lowest BCUT2D eigenvalue weighted by Crippen LogP contribution is -2.63. The average molecular weight is 517 g/mol. The molecule has 2 aliphatic rings. The molecule has 0 radical (unpaired) electrons. The van der Waals surface area contributed by atoms with Crippen LogP contribution in [-0.2, 0) is 30.3 Å². The number of hydrazine groups is 1. The molecule has 9 nitrogen and oxygen atoms in total. The van der Waals surface area contributed by atoms with E-state index in [2.05, 4.69) is 4.99 Å². The van der Waals surface area contributed by atoms with Gasteiger partial charge in [0, 0.05) is 32.0 Å². The van der Waals surface area contributed by atoms with Gasteiger partial charge in [-0.25, -0.2) is 15.0 Å². The van der Waals surface area contributed by atoms with Crippen LogP contribution in [0, 0.1) is 5.92 Å². The minimum absolute atomic E-state index is 0.0577. The number of ketones is 1. The predicted octanol–water partition coefficient (Wildman–Crippen LogP) is 3.07. The van der Waals surface area contributed by atoms with Crippen LogP contribution in [-0.4, -0.2) is 69.6 Å². The number of hydrogen-bond donors (Lipinski definition) is 0. The third kappa shape index (κ3) is 5.37. The summed E-state index contributed by atoms with van der Waals surface area (Å²) >= 11 is 0. The first-order valence-corrected chi connectivity index (χ1v) is 12.7. The Morgan fingerprint density at radius 2 is 1.66 bits per heavy atom. The van der Waals surface area contributed by atoms with E-state index in [0.717, 1.165) is 5.56 Å². The third-order valence-corrected chi connectivity index (χ3v) is 6.52. The molecule has 0 spiro atoms. The zero-order valence-corrected chi connectivity index (χ0v) is 22.0. The van der Waals surface area contributed by atoms with Gasteiger partial charge in [0.15, 0.2) is 0 Å². The zero-order chi connectivity index (χ0) is 27.4. The molecule has 0 bridgehead atoms. The summed E-state index contributed by atoms with van der Waals surface area (Å²) in [6, 6.07) is 16.3. The van der Waals surface area contributed by atoms with Crippen LogP contribution < -0.4 is 0 Å². The second-order valence-corrected chi connectivity index (χ2v) is 9.61. The van der Waals surface area contributed by atoms with Gasteiger partial charge < -0.3 is 9.64 Å². The highest BCUT2D eigenvalue weighted by atomic mass is 16.5. The van der Waals surface area contributed by atoms with Crippen LogP contribution in [0.15, 0.2) is 71.9 Å². The minimum atomic E-state index is -1.11. The van der Waals surface area contributed by atoms with Gasteiger partial charge in [-0.1, -0.05) is 74.5 Å². The molecule has 0 N–H and O–H groups in total. The molecular weight excluding hydrogens is 484 g/mol. The Morgan fingerprint density at radius 3 is 2.18 bits per heavy atom. The van der Waals surface area contributed by atoms with Crippen molar-refractivity contribution in [1.29, 1.82) is 0 Å². The van der Waals surface area contributed by atoms with Crippen LogP contribution in [0.25, 0.3) is 5.70 Å². The van der Waals surface area contributed by atoms with Crippen molar-refractivity contribution >= 4 is 35.1 Å². The van der Waals surface area contributed by atoms with E-state index >= 15 is 0 Å². The summed E-state index contributed by atoms with van der Waals surface area (Å²) in [6.07, 6.45) is 1.73. The number of aliphatic imine (C=N–C) groups is 1. The van der Waals surface area contributed by atoms with E-state index in [1.165, 1.54) is 28.8 Å². The van der Waals surface area contributed by atoms with E-state index in [1.807, 2.05) is 50.2 Å². The van der Waals surface area contributed by atoms with Gasteiger partial charge >= 0.3 is 0 Å². The molecule has 2 aromatic carbocycles. The van der Waals surface area contributed by atoms with E-state index < -0.39 is 29.7 Å². The molecule has 0 saturated heterocycles. The van der Waals surface area contributed by atoms with E-state index in [0.29, 0.717) is 17.8 Å². The second kappa shape index (κ2) is 11.4. The molecule has 2 aliphatic heterocycles. The molecule has 0 fully saturated rings. The summed E-state index contributed by atoms with van der Waals surface area (Å²) in [7, 11) is 0. The highest BCUT2D eigenvalue weighted by molar-refractivity contribution is 6.39. The normalized spacial score (nSPS) is 18.0. The van der Waals surface area contributed by atoms with Gasteiger partial charge in [-0.2, -0.15) is 0 Å². The van der Waals surface area contributed by atoms with Gasteiger partial charge in [0.1, 0.15) is 18.7 Å². The van der Waals surface area contributed by atoms with Gasteiger partial charge in [-0.15, -0.1) is 0 Å². The summed E-state index contributed by atoms with van der Waals surface area (Å²) in [5, 5.41) is 2.47. The quantitative estimate of drug-likeness (QED) is 0.537. The minimum Gasteiger partial charge on any atom is -0.473 e. The maximum absolute atomic E-state index is 14.2. The summed E-state index contributed by atoms with van der Waals surface area (Å²) in [4.78, 5) is 59.7. The molecule has 3 amide bonds. The van der Waals surface area contributed by atoms with Crippen molar-refractivity contribution in [2.45, 2.75) is 46.2 Å².